The van der Waals surface area contributed by atoms with Gasteiger partial charge in [-0.1, -0.05) is 6.07 Å². The number of ether oxygens (including phenoxy) is 1. The minimum absolute atomic E-state index is 0.0114. The number of nitriles is 1. The number of nitrogens with one attached hydrogen (secondary N) is 2. The van der Waals surface area contributed by atoms with Crippen LogP contribution in [0.25, 0.3) is 0 Å². The van der Waals surface area contributed by atoms with Crippen LogP contribution in [-0.4, -0.2) is 18.4 Å². The number of anilines is 1. The average molecular weight is 231 g/mol. The molecule has 1 aromatic rings. The van der Waals surface area contributed by atoms with Gasteiger partial charge in [0, 0.05) is 6.54 Å². The number of amides is 2. The van der Waals surface area contributed by atoms with Crippen LogP contribution in [0.5, 0.6) is 5.75 Å². The van der Waals surface area contributed by atoms with Crippen LogP contribution in [0, 0.1) is 11.3 Å². The van der Waals surface area contributed by atoms with E-state index < -0.39 is 5.91 Å². The van der Waals surface area contributed by atoms with Crippen molar-refractivity contribution >= 4 is 17.5 Å². The molecule has 6 heteroatoms. The zero-order valence-corrected chi connectivity index (χ0v) is 8.82. The SMILES string of the molecule is N#CC(=O)NCc1ccc2c(c1)NC(=O)CO2. The van der Waals surface area contributed by atoms with E-state index in [4.69, 9.17) is 10.00 Å². The molecule has 2 N–H and O–H groups in total. The fourth-order valence-corrected chi connectivity index (χ4v) is 1.46. The van der Waals surface area contributed by atoms with Gasteiger partial charge in [0.25, 0.3) is 5.91 Å². The molecule has 0 fully saturated rings. The predicted octanol–water partition coefficient (Wildman–Crippen LogP) is 0.157. The Morgan fingerprint density at radius 1 is 1.59 bits per heavy atom. The highest BCUT2D eigenvalue weighted by Crippen LogP contribution is 2.28. The van der Waals surface area contributed by atoms with E-state index in [1.165, 1.54) is 6.07 Å². The number of hydrogen-bond acceptors (Lipinski definition) is 4. The maximum Gasteiger partial charge on any atom is 0.322 e. The fourth-order valence-electron chi connectivity index (χ4n) is 1.46. The predicted molar refractivity (Wildman–Crippen MR) is 58.0 cm³/mol. The van der Waals surface area contributed by atoms with Crippen molar-refractivity contribution in [2.75, 3.05) is 11.9 Å². The molecule has 0 aromatic heterocycles. The maximum atomic E-state index is 11.1. The molecule has 1 heterocycles. The lowest BCUT2D eigenvalue weighted by Gasteiger charge is -2.18. The molecule has 1 aromatic carbocycles. The van der Waals surface area contributed by atoms with Crippen LogP contribution in [0.1, 0.15) is 5.56 Å². The van der Waals surface area contributed by atoms with Crippen molar-refractivity contribution in [3.05, 3.63) is 23.8 Å². The van der Waals surface area contributed by atoms with E-state index in [2.05, 4.69) is 10.6 Å². The van der Waals surface area contributed by atoms with E-state index in [1.807, 2.05) is 0 Å². The molecule has 2 amide bonds. The number of carbonyl (C=O) groups excluding carboxylic acids is 2. The van der Waals surface area contributed by atoms with E-state index in [0.717, 1.165) is 5.56 Å². The topological polar surface area (TPSA) is 91.2 Å². The minimum atomic E-state index is -0.692. The zero-order chi connectivity index (χ0) is 12.3. The number of nitrogens with zero attached hydrogens (tertiary/aromatic N) is 1. The molecule has 1 aliphatic heterocycles. The molecule has 86 valence electrons. The zero-order valence-electron chi connectivity index (χ0n) is 8.82. The van der Waals surface area contributed by atoms with Gasteiger partial charge in [-0.05, 0) is 17.7 Å². The molecule has 17 heavy (non-hydrogen) atoms. The molecular formula is C11H9N3O3. The summed E-state index contributed by atoms with van der Waals surface area (Å²) in [7, 11) is 0. The maximum absolute atomic E-state index is 11.1. The monoisotopic (exact) mass is 231 g/mol. The summed E-state index contributed by atoms with van der Waals surface area (Å²) in [6, 6.07) is 6.63. The summed E-state index contributed by atoms with van der Waals surface area (Å²) in [4.78, 5) is 21.9. The van der Waals surface area contributed by atoms with Gasteiger partial charge in [0.15, 0.2) is 12.7 Å². The van der Waals surface area contributed by atoms with Crippen LogP contribution in [0.4, 0.5) is 5.69 Å². The summed E-state index contributed by atoms with van der Waals surface area (Å²) in [5, 5.41) is 13.4. The largest absolute Gasteiger partial charge is 0.482 e. The summed E-state index contributed by atoms with van der Waals surface area (Å²) >= 11 is 0. The number of rotatable bonds is 2. The Kier molecular flexibility index (Phi) is 2.92. The van der Waals surface area contributed by atoms with Crippen LogP contribution in [0.3, 0.4) is 0 Å². The highest BCUT2D eigenvalue weighted by molar-refractivity contribution is 5.95. The van der Waals surface area contributed by atoms with Gasteiger partial charge in [0.1, 0.15) is 5.75 Å². The molecule has 0 bridgehead atoms. The van der Waals surface area contributed by atoms with Crippen LogP contribution in [-0.2, 0) is 16.1 Å². The Morgan fingerprint density at radius 3 is 3.18 bits per heavy atom. The molecule has 0 atom stereocenters. The van der Waals surface area contributed by atoms with Crippen molar-refractivity contribution in [1.29, 1.82) is 5.26 Å². The summed E-state index contributed by atoms with van der Waals surface area (Å²) in [6.07, 6.45) is 0. The molecule has 0 aliphatic carbocycles. The van der Waals surface area contributed by atoms with E-state index in [1.54, 1.807) is 18.2 Å². The lowest BCUT2D eigenvalue weighted by molar-refractivity contribution is -0.118. The summed E-state index contributed by atoms with van der Waals surface area (Å²) in [5.74, 6) is -0.307. The smallest absolute Gasteiger partial charge is 0.322 e. The molecule has 2 rings (SSSR count). The van der Waals surface area contributed by atoms with Gasteiger partial charge >= 0.3 is 5.91 Å². The molecule has 0 spiro atoms. The molecule has 0 saturated carbocycles. The minimum Gasteiger partial charge on any atom is -0.482 e. The Bertz CT molecular complexity index is 519. The number of carbonyl (C=O) groups is 2. The van der Waals surface area contributed by atoms with Gasteiger partial charge in [0.05, 0.1) is 5.69 Å². The third kappa shape index (κ3) is 2.52. The molecular weight excluding hydrogens is 222 g/mol. The first-order chi connectivity index (χ1) is 8.19. The lowest BCUT2D eigenvalue weighted by atomic mass is 10.1. The molecule has 1 aliphatic rings. The van der Waals surface area contributed by atoms with Crippen LogP contribution < -0.4 is 15.4 Å². The first-order valence-electron chi connectivity index (χ1n) is 4.92. The van der Waals surface area contributed by atoms with E-state index in [-0.39, 0.29) is 19.1 Å². The van der Waals surface area contributed by atoms with Crippen LogP contribution in [0.15, 0.2) is 18.2 Å². The standard InChI is InChI=1S/C11H9N3O3/c12-4-10(15)13-5-7-1-2-9-8(3-7)14-11(16)6-17-9/h1-3H,5-6H2,(H,13,15)(H,14,16). The molecule has 0 radical (unpaired) electrons. The second kappa shape index (κ2) is 4.53. The van der Waals surface area contributed by atoms with E-state index in [0.29, 0.717) is 11.4 Å². The van der Waals surface area contributed by atoms with Crippen LogP contribution in [0.2, 0.25) is 0 Å². The summed E-state index contributed by atoms with van der Waals surface area (Å²) < 4.78 is 5.19. The Hall–Kier alpha value is -2.55. The van der Waals surface area contributed by atoms with Gasteiger partial charge in [-0.2, -0.15) is 5.26 Å². The fraction of sp³-hybridized carbons (Fsp3) is 0.182. The Morgan fingerprint density at radius 2 is 2.41 bits per heavy atom. The molecule has 6 nitrogen and oxygen atoms in total. The Balaban J connectivity index is 2.11. The average Bonchev–Trinajstić information content (AvgIpc) is 2.35. The van der Waals surface area contributed by atoms with Crippen molar-refractivity contribution in [3.63, 3.8) is 0 Å². The quantitative estimate of drug-likeness (QED) is 0.709. The lowest BCUT2D eigenvalue weighted by Crippen LogP contribution is -2.26. The van der Waals surface area contributed by atoms with Gasteiger partial charge < -0.3 is 15.4 Å². The highest BCUT2D eigenvalue weighted by atomic mass is 16.5. The van der Waals surface area contributed by atoms with Gasteiger partial charge in [0.2, 0.25) is 0 Å². The van der Waals surface area contributed by atoms with Crippen molar-refractivity contribution in [2.45, 2.75) is 6.54 Å². The second-order valence-electron chi connectivity index (χ2n) is 3.46. The molecule has 0 unspecified atom stereocenters. The first-order valence-corrected chi connectivity index (χ1v) is 4.92. The first kappa shape index (κ1) is 11.0. The highest BCUT2D eigenvalue weighted by Gasteiger charge is 2.15. The van der Waals surface area contributed by atoms with Gasteiger partial charge in [-0.3, -0.25) is 9.59 Å². The second-order valence-corrected chi connectivity index (χ2v) is 3.46. The van der Waals surface area contributed by atoms with Crippen molar-refractivity contribution < 1.29 is 14.3 Å². The van der Waals surface area contributed by atoms with Crippen molar-refractivity contribution in [2.24, 2.45) is 0 Å². The number of benzene rings is 1. The van der Waals surface area contributed by atoms with Crippen molar-refractivity contribution in [3.8, 4) is 11.8 Å². The van der Waals surface area contributed by atoms with E-state index in [9.17, 15) is 9.59 Å². The third-order valence-electron chi connectivity index (χ3n) is 2.23. The Labute approximate surface area is 97.2 Å². The number of hydrogen-bond donors (Lipinski definition) is 2. The normalized spacial score (nSPS) is 12.8. The third-order valence-corrected chi connectivity index (χ3v) is 2.23. The number of fused-ring (bicyclic) bond motifs is 1. The van der Waals surface area contributed by atoms with Crippen molar-refractivity contribution in [1.82, 2.24) is 5.32 Å². The summed E-state index contributed by atoms with van der Waals surface area (Å²) in [5.41, 5.74) is 1.35. The van der Waals surface area contributed by atoms with E-state index >= 15 is 0 Å². The summed E-state index contributed by atoms with van der Waals surface area (Å²) in [6.45, 7) is 0.243. The van der Waals surface area contributed by atoms with Gasteiger partial charge in [-0.25, -0.2) is 0 Å². The van der Waals surface area contributed by atoms with Gasteiger partial charge in [-0.15, -0.1) is 0 Å². The van der Waals surface area contributed by atoms with Crippen LogP contribution >= 0.6 is 0 Å². The molecule has 0 saturated heterocycles.